The fraction of sp³-hybridized carbons (Fsp3) is 0.308. The summed E-state index contributed by atoms with van der Waals surface area (Å²) in [5, 5.41) is 0. The molecule has 26 heavy (non-hydrogen) atoms. The van der Waals surface area contributed by atoms with Crippen LogP contribution in [0.3, 0.4) is 0 Å². The molecule has 0 aliphatic carbocycles. The first-order chi connectivity index (χ1) is 11.9. The zero-order valence-corrected chi connectivity index (χ0v) is 16.1. The molecular weight excluding hydrogens is 312 g/mol. The SMILES string of the molecule is C.C.CC.CC.CC.c1ccc(-c2ccc(-c3ccccc3)cc2)cc1. The van der Waals surface area contributed by atoms with E-state index >= 15 is 0 Å². The Morgan fingerprint density at radius 1 is 0.308 bits per heavy atom. The Balaban J connectivity index is -0.000000604. The second-order valence-electron chi connectivity index (χ2n) is 4.31. The predicted molar refractivity (Wildman–Crippen MR) is 125 cm³/mol. The molecule has 0 bridgehead atoms. The van der Waals surface area contributed by atoms with E-state index in [0.29, 0.717) is 0 Å². The van der Waals surface area contributed by atoms with Gasteiger partial charge in [0.15, 0.2) is 0 Å². The highest BCUT2D eigenvalue weighted by Crippen LogP contribution is 2.24. The molecule has 3 rings (SSSR count). The van der Waals surface area contributed by atoms with E-state index < -0.39 is 0 Å². The number of hydrogen-bond donors (Lipinski definition) is 0. The number of benzene rings is 3. The van der Waals surface area contributed by atoms with Crippen LogP contribution in [0.4, 0.5) is 0 Å². The maximum Gasteiger partial charge on any atom is -0.0184 e. The molecule has 0 nitrogen and oxygen atoms in total. The Morgan fingerprint density at radius 3 is 0.731 bits per heavy atom. The third-order valence-corrected chi connectivity index (χ3v) is 3.10. The normalized spacial score (nSPS) is 7.77. The van der Waals surface area contributed by atoms with Crippen LogP contribution in [0.1, 0.15) is 56.4 Å². The standard InChI is InChI=1S/C18H14.3C2H6.2CH4/c1-3-7-15(8-4-1)17-11-13-18(14-12-17)16-9-5-2-6-10-16;3*1-2;;/h1-14H;3*1-2H3;2*1H4. The molecule has 0 heteroatoms. The van der Waals surface area contributed by atoms with E-state index in [1.165, 1.54) is 22.3 Å². The van der Waals surface area contributed by atoms with Crippen LogP contribution in [-0.4, -0.2) is 0 Å². The minimum Gasteiger partial charge on any atom is -0.0776 e. The molecule has 0 spiro atoms. The lowest BCUT2D eigenvalue weighted by molar-refractivity contribution is 1.50. The largest absolute Gasteiger partial charge is 0.0776 e. The molecule has 0 aliphatic rings. The molecule has 0 heterocycles. The van der Waals surface area contributed by atoms with E-state index in [4.69, 9.17) is 0 Å². The van der Waals surface area contributed by atoms with Crippen LogP contribution in [-0.2, 0) is 0 Å². The highest BCUT2D eigenvalue weighted by molar-refractivity contribution is 5.70. The summed E-state index contributed by atoms with van der Waals surface area (Å²) < 4.78 is 0. The van der Waals surface area contributed by atoms with Crippen molar-refractivity contribution in [1.82, 2.24) is 0 Å². The van der Waals surface area contributed by atoms with Gasteiger partial charge in [-0.25, -0.2) is 0 Å². The summed E-state index contributed by atoms with van der Waals surface area (Å²) >= 11 is 0. The van der Waals surface area contributed by atoms with Crippen LogP contribution in [0, 0.1) is 0 Å². The molecule has 0 N–H and O–H groups in total. The summed E-state index contributed by atoms with van der Waals surface area (Å²) in [6.45, 7) is 12.0. The summed E-state index contributed by atoms with van der Waals surface area (Å²) in [7, 11) is 0. The van der Waals surface area contributed by atoms with Gasteiger partial charge in [0.25, 0.3) is 0 Å². The summed E-state index contributed by atoms with van der Waals surface area (Å²) in [4.78, 5) is 0. The molecule has 0 amide bonds. The molecule has 0 unspecified atom stereocenters. The number of rotatable bonds is 2. The second kappa shape index (κ2) is 19.0. The molecule has 0 atom stereocenters. The molecule has 3 aromatic carbocycles. The van der Waals surface area contributed by atoms with Gasteiger partial charge in [-0.2, -0.15) is 0 Å². The zero-order chi connectivity index (χ0) is 18.2. The minimum absolute atomic E-state index is 0. The summed E-state index contributed by atoms with van der Waals surface area (Å²) in [5.41, 5.74) is 5.04. The van der Waals surface area contributed by atoms with Gasteiger partial charge in [-0.15, -0.1) is 0 Å². The maximum absolute atomic E-state index is 2.18. The van der Waals surface area contributed by atoms with Crippen molar-refractivity contribution in [3.63, 3.8) is 0 Å². The second-order valence-corrected chi connectivity index (χ2v) is 4.31. The van der Waals surface area contributed by atoms with Crippen LogP contribution in [0.2, 0.25) is 0 Å². The maximum atomic E-state index is 2.18. The van der Waals surface area contributed by atoms with Gasteiger partial charge in [-0.05, 0) is 22.3 Å². The Morgan fingerprint density at radius 2 is 0.500 bits per heavy atom. The summed E-state index contributed by atoms with van der Waals surface area (Å²) in [6.07, 6.45) is 0. The van der Waals surface area contributed by atoms with Crippen LogP contribution < -0.4 is 0 Å². The van der Waals surface area contributed by atoms with E-state index in [1.807, 2.05) is 53.7 Å². The van der Waals surface area contributed by atoms with E-state index in [1.54, 1.807) is 0 Å². The first-order valence-corrected chi connectivity index (χ1v) is 9.14. The van der Waals surface area contributed by atoms with Crippen molar-refractivity contribution in [2.24, 2.45) is 0 Å². The third kappa shape index (κ3) is 9.22. The van der Waals surface area contributed by atoms with Gasteiger partial charge in [0.2, 0.25) is 0 Å². The van der Waals surface area contributed by atoms with Gasteiger partial charge in [0, 0.05) is 0 Å². The fourth-order valence-corrected chi connectivity index (χ4v) is 2.12. The highest BCUT2D eigenvalue weighted by atomic mass is 14.0. The molecule has 144 valence electrons. The lowest BCUT2D eigenvalue weighted by Crippen LogP contribution is -1.79. The van der Waals surface area contributed by atoms with Crippen LogP contribution in [0.5, 0.6) is 0 Å². The van der Waals surface area contributed by atoms with Crippen molar-refractivity contribution in [2.45, 2.75) is 56.4 Å². The minimum atomic E-state index is 0. The van der Waals surface area contributed by atoms with E-state index in [-0.39, 0.29) is 14.9 Å². The van der Waals surface area contributed by atoms with Gasteiger partial charge in [-0.3, -0.25) is 0 Å². The van der Waals surface area contributed by atoms with Gasteiger partial charge in [-0.1, -0.05) is 141 Å². The van der Waals surface area contributed by atoms with Gasteiger partial charge >= 0.3 is 0 Å². The van der Waals surface area contributed by atoms with Gasteiger partial charge in [0.05, 0.1) is 0 Å². The Labute approximate surface area is 163 Å². The third-order valence-electron chi connectivity index (χ3n) is 3.10. The van der Waals surface area contributed by atoms with E-state index in [0.717, 1.165) is 0 Å². The average molecular weight is 353 g/mol. The van der Waals surface area contributed by atoms with E-state index in [2.05, 4.69) is 72.8 Å². The molecule has 0 fully saturated rings. The molecule has 0 saturated carbocycles. The van der Waals surface area contributed by atoms with Crippen LogP contribution >= 0.6 is 0 Å². The fourth-order valence-electron chi connectivity index (χ4n) is 2.12. The highest BCUT2D eigenvalue weighted by Gasteiger charge is 1.98. The predicted octanol–water partition coefficient (Wildman–Crippen LogP) is 9.37. The van der Waals surface area contributed by atoms with Gasteiger partial charge < -0.3 is 0 Å². The molecular formula is C26H40. The Bertz CT molecular complexity index is 549. The van der Waals surface area contributed by atoms with Crippen molar-refractivity contribution in [3.05, 3.63) is 84.9 Å². The zero-order valence-electron chi connectivity index (χ0n) is 16.1. The van der Waals surface area contributed by atoms with Crippen molar-refractivity contribution in [1.29, 1.82) is 0 Å². The van der Waals surface area contributed by atoms with Crippen LogP contribution in [0.25, 0.3) is 22.3 Å². The van der Waals surface area contributed by atoms with Crippen molar-refractivity contribution in [3.8, 4) is 22.3 Å². The lowest BCUT2D eigenvalue weighted by atomic mass is 10.0. The Kier molecular flexibility index (Phi) is 20.8. The average Bonchev–Trinajstić information content (AvgIpc) is 2.74. The first kappa shape index (κ1) is 28.5. The first-order valence-electron chi connectivity index (χ1n) is 9.14. The quantitative estimate of drug-likeness (QED) is 0.431. The van der Waals surface area contributed by atoms with Gasteiger partial charge in [0.1, 0.15) is 0 Å². The molecule has 0 saturated heterocycles. The monoisotopic (exact) mass is 352 g/mol. The van der Waals surface area contributed by atoms with Crippen molar-refractivity contribution in [2.75, 3.05) is 0 Å². The number of hydrogen-bond acceptors (Lipinski definition) is 0. The molecule has 0 radical (unpaired) electrons. The van der Waals surface area contributed by atoms with Crippen molar-refractivity contribution >= 4 is 0 Å². The Hall–Kier alpha value is -2.34. The van der Waals surface area contributed by atoms with Crippen molar-refractivity contribution < 1.29 is 0 Å². The summed E-state index contributed by atoms with van der Waals surface area (Å²) in [6, 6.07) is 29.6. The molecule has 3 aromatic rings. The molecule has 0 aliphatic heterocycles. The topological polar surface area (TPSA) is 0 Å². The summed E-state index contributed by atoms with van der Waals surface area (Å²) in [5.74, 6) is 0. The molecule has 0 aromatic heterocycles. The lowest BCUT2D eigenvalue weighted by Gasteiger charge is -2.04. The smallest absolute Gasteiger partial charge is 0.0184 e. The van der Waals surface area contributed by atoms with Crippen LogP contribution in [0.15, 0.2) is 84.9 Å². The van der Waals surface area contributed by atoms with E-state index in [9.17, 15) is 0 Å².